The molecule has 22 heavy (non-hydrogen) atoms. The van der Waals surface area contributed by atoms with Gasteiger partial charge in [0.15, 0.2) is 5.16 Å². The summed E-state index contributed by atoms with van der Waals surface area (Å²) in [6.07, 6.45) is 0.875. The highest BCUT2D eigenvalue weighted by molar-refractivity contribution is 7.80. The van der Waals surface area contributed by atoms with E-state index in [9.17, 15) is 13.2 Å². The molecule has 3 rings (SSSR count). The monoisotopic (exact) mass is 333 g/mol. The number of hydrogen-bond acceptors (Lipinski definition) is 3. The van der Waals surface area contributed by atoms with Gasteiger partial charge in [-0.15, -0.1) is 22.8 Å². The zero-order chi connectivity index (χ0) is 16.1. The van der Waals surface area contributed by atoms with Crippen LogP contribution in [0.4, 0.5) is 13.2 Å². The molecular formula is C15H22F3N3S. The predicted molar refractivity (Wildman–Crippen MR) is 79.7 cm³/mol. The van der Waals surface area contributed by atoms with Gasteiger partial charge in [0.1, 0.15) is 0 Å². The van der Waals surface area contributed by atoms with Crippen molar-refractivity contribution in [2.24, 2.45) is 23.7 Å². The minimum absolute atomic E-state index is 0.0862. The fraction of sp³-hybridized carbons (Fsp3) is 0.867. The van der Waals surface area contributed by atoms with Crippen LogP contribution in [0.2, 0.25) is 0 Å². The zero-order valence-electron chi connectivity index (χ0n) is 12.8. The maximum absolute atomic E-state index is 13.3. The van der Waals surface area contributed by atoms with Crippen molar-refractivity contribution in [2.75, 3.05) is 0 Å². The van der Waals surface area contributed by atoms with Gasteiger partial charge >= 0.3 is 6.18 Å². The highest BCUT2D eigenvalue weighted by atomic mass is 32.1. The van der Waals surface area contributed by atoms with Crippen molar-refractivity contribution in [3.63, 3.8) is 0 Å². The minimum atomic E-state index is -4.49. The normalized spacial score (nSPS) is 36.2. The van der Waals surface area contributed by atoms with E-state index < -0.39 is 12.0 Å². The van der Waals surface area contributed by atoms with Crippen molar-refractivity contribution in [3.05, 3.63) is 5.82 Å². The van der Waals surface area contributed by atoms with Crippen LogP contribution in [-0.4, -0.2) is 14.8 Å². The molecule has 0 radical (unpaired) electrons. The Morgan fingerprint density at radius 1 is 1.05 bits per heavy atom. The molecular weight excluding hydrogens is 311 g/mol. The molecule has 7 heteroatoms. The third-order valence-electron chi connectivity index (χ3n) is 5.60. The largest absolute Gasteiger partial charge is 0.451 e. The topological polar surface area (TPSA) is 30.7 Å². The molecule has 2 fully saturated rings. The van der Waals surface area contributed by atoms with Gasteiger partial charge in [-0.05, 0) is 42.9 Å². The maximum Gasteiger partial charge on any atom is 0.451 e. The summed E-state index contributed by atoms with van der Waals surface area (Å²) >= 11 is 4.17. The number of halogens is 3. The number of rotatable bonds is 1. The third-order valence-corrected chi connectivity index (χ3v) is 5.91. The second-order valence-corrected chi connectivity index (χ2v) is 7.38. The number of hydrogen-bond donors (Lipinski definition) is 1. The van der Waals surface area contributed by atoms with E-state index in [4.69, 9.17) is 0 Å². The van der Waals surface area contributed by atoms with Gasteiger partial charge in [-0.1, -0.05) is 26.7 Å². The Hall–Kier alpha value is -0.720. The Balaban J connectivity index is 2.04. The average molecular weight is 333 g/mol. The van der Waals surface area contributed by atoms with E-state index in [0.29, 0.717) is 11.8 Å². The van der Waals surface area contributed by atoms with Gasteiger partial charge < -0.3 is 0 Å². The Morgan fingerprint density at radius 2 is 1.68 bits per heavy atom. The lowest BCUT2D eigenvalue weighted by Crippen LogP contribution is -2.42. The Morgan fingerprint density at radius 3 is 2.32 bits per heavy atom. The van der Waals surface area contributed by atoms with Crippen molar-refractivity contribution in [2.45, 2.75) is 63.3 Å². The van der Waals surface area contributed by atoms with Crippen molar-refractivity contribution < 1.29 is 13.2 Å². The molecule has 124 valence electrons. The molecule has 1 aromatic heterocycles. The van der Waals surface area contributed by atoms with Gasteiger partial charge in [0, 0.05) is 6.04 Å². The first kappa shape index (κ1) is 16.1. The van der Waals surface area contributed by atoms with Crippen molar-refractivity contribution in [3.8, 4) is 0 Å². The lowest BCUT2D eigenvalue weighted by atomic mass is 9.61. The summed E-state index contributed by atoms with van der Waals surface area (Å²) in [5.74, 6) is 0.637. The third kappa shape index (κ3) is 2.65. The number of aromatic nitrogens is 3. The van der Waals surface area contributed by atoms with Gasteiger partial charge in [-0.2, -0.15) is 13.2 Å². The average Bonchev–Trinajstić information content (AvgIpc) is 2.81. The van der Waals surface area contributed by atoms with Crippen molar-refractivity contribution in [1.29, 1.82) is 0 Å². The molecule has 2 aliphatic carbocycles. The van der Waals surface area contributed by atoms with Crippen LogP contribution < -0.4 is 0 Å². The molecule has 0 aromatic carbocycles. The molecule has 3 nitrogen and oxygen atoms in total. The van der Waals surface area contributed by atoms with Gasteiger partial charge in [-0.25, -0.2) is 0 Å². The van der Waals surface area contributed by atoms with Crippen LogP contribution in [0.3, 0.4) is 0 Å². The van der Waals surface area contributed by atoms with E-state index in [1.807, 2.05) is 0 Å². The first-order chi connectivity index (χ1) is 10.3. The number of thiol groups is 1. The van der Waals surface area contributed by atoms with Crippen LogP contribution in [0.15, 0.2) is 5.16 Å². The minimum Gasteiger partial charge on any atom is -0.295 e. The van der Waals surface area contributed by atoms with E-state index in [1.165, 1.54) is 11.0 Å². The second kappa shape index (κ2) is 5.73. The SMILES string of the molecule is CC1CC(C)C(n2c(S)nnc2C(F)(F)F)C2CCCCC12. The quantitative estimate of drug-likeness (QED) is 0.761. The van der Waals surface area contributed by atoms with Crippen LogP contribution in [-0.2, 0) is 6.18 Å². The molecule has 0 aliphatic heterocycles. The Kier molecular flexibility index (Phi) is 4.20. The summed E-state index contributed by atoms with van der Waals surface area (Å²) < 4.78 is 41.1. The lowest BCUT2D eigenvalue weighted by Gasteiger charge is -2.48. The lowest BCUT2D eigenvalue weighted by molar-refractivity contribution is -0.150. The summed E-state index contributed by atoms with van der Waals surface area (Å²) in [6, 6.07) is -0.194. The van der Waals surface area contributed by atoms with Crippen LogP contribution in [0, 0.1) is 23.7 Å². The van der Waals surface area contributed by atoms with Gasteiger partial charge in [0.2, 0.25) is 5.82 Å². The molecule has 5 unspecified atom stereocenters. The van der Waals surface area contributed by atoms with E-state index in [-0.39, 0.29) is 23.0 Å². The Bertz CT molecular complexity index is 543. The summed E-state index contributed by atoms with van der Waals surface area (Å²) in [4.78, 5) is 0. The number of fused-ring (bicyclic) bond motifs is 1. The molecule has 1 heterocycles. The first-order valence-electron chi connectivity index (χ1n) is 8.01. The highest BCUT2D eigenvalue weighted by Crippen LogP contribution is 2.52. The first-order valence-corrected chi connectivity index (χ1v) is 8.46. The van der Waals surface area contributed by atoms with Crippen LogP contribution in [0.25, 0.3) is 0 Å². The molecule has 0 saturated heterocycles. The summed E-state index contributed by atoms with van der Waals surface area (Å²) in [6.45, 7) is 4.30. The molecule has 0 bridgehead atoms. The van der Waals surface area contributed by atoms with Crippen molar-refractivity contribution in [1.82, 2.24) is 14.8 Å². The van der Waals surface area contributed by atoms with E-state index in [1.54, 1.807) is 0 Å². The molecule has 5 atom stereocenters. The highest BCUT2D eigenvalue weighted by Gasteiger charge is 2.47. The molecule has 1 aromatic rings. The van der Waals surface area contributed by atoms with Crippen molar-refractivity contribution >= 4 is 12.6 Å². The zero-order valence-corrected chi connectivity index (χ0v) is 13.7. The smallest absolute Gasteiger partial charge is 0.295 e. The van der Waals surface area contributed by atoms with E-state index in [0.717, 1.165) is 25.7 Å². The van der Waals surface area contributed by atoms with Crippen LogP contribution >= 0.6 is 12.6 Å². The fourth-order valence-corrected chi connectivity index (χ4v) is 5.11. The van der Waals surface area contributed by atoms with Crippen LogP contribution in [0.5, 0.6) is 0 Å². The molecule has 0 amide bonds. The summed E-state index contributed by atoms with van der Waals surface area (Å²) in [7, 11) is 0. The maximum atomic E-state index is 13.3. The van der Waals surface area contributed by atoms with E-state index >= 15 is 0 Å². The standard InChI is InChI=1S/C15H22F3N3S/c1-8-7-9(2)12(11-6-4-3-5-10(8)11)21-13(15(16,17)18)19-20-14(21)22/h8-12H,3-7H2,1-2H3,(H,20,22). The molecule has 2 aliphatic rings. The van der Waals surface area contributed by atoms with Crippen LogP contribution in [0.1, 0.15) is 57.8 Å². The van der Waals surface area contributed by atoms with E-state index in [2.05, 4.69) is 36.7 Å². The Labute approximate surface area is 134 Å². The second-order valence-electron chi connectivity index (χ2n) is 6.98. The predicted octanol–water partition coefficient (Wildman–Crippen LogP) is 4.61. The molecule has 2 saturated carbocycles. The van der Waals surface area contributed by atoms with Gasteiger partial charge in [0.25, 0.3) is 0 Å². The molecule has 0 spiro atoms. The molecule has 0 N–H and O–H groups in total. The van der Waals surface area contributed by atoms with Gasteiger partial charge in [-0.3, -0.25) is 4.57 Å². The summed E-state index contributed by atoms with van der Waals surface area (Å²) in [5, 5.41) is 7.06. The number of alkyl halides is 3. The van der Waals surface area contributed by atoms with Gasteiger partial charge in [0.05, 0.1) is 0 Å². The summed E-state index contributed by atoms with van der Waals surface area (Å²) in [5.41, 5.74) is 0. The fourth-order valence-electron chi connectivity index (χ4n) is 4.84. The number of nitrogens with zero attached hydrogens (tertiary/aromatic N) is 3.